The zero-order valence-corrected chi connectivity index (χ0v) is 17.4. The van der Waals surface area contributed by atoms with Gasteiger partial charge >= 0.3 is 11.9 Å². The fourth-order valence-electron chi connectivity index (χ4n) is 3.87. The SMILES string of the molecule is CCOCCOc1ccc(C2=c3cc4c(cc3OC2=O)=C(c2ccccc2)C(=O)O4)cc1. The molecular weight excluding hydrogens is 408 g/mol. The van der Waals surface area contributed by atoms with Gasteiger partial charge in [-0.15, -0.1) is 0 Å². The van der Waals surface area contributed by atoms with Crippen LogP contribution in [-0.2, 0) is 14.3 Å². The first kappa shape index (κ1) is 20.0. The van der Waals surface area contributed by atoms with Crippen LogP contribution in [0.1, 0.15) is 18.1 Å². The molecule has 6 heteroatoms. The van der Waals surface area contributed by atoms with E-state index in [0.717, 1.165) is 5.56 Å². The summed E-state index contributed by atoms with van der Waals surface area (Å²) in [4.78, 5) is 25.2. The monoisotopic (exact) mass is 428 g/mol. The lowest BCUT2D eigenvalue weighted by atomic mass is 10.0. The zero-order chi connectivity index (χ0) is 22.1. The first-order valence-corrected chi connectivity index (χ1v) is 10.4. The quantitative estimate of drug-likeness (QED) is 0.327. The second-order valence-electron chi connectivity index (χ2n) is 7.31. The van der Waals surface area contributed by atoms with Crippen molar-refractivity contribution in [3.8, 4) is 17.2 Å². The number of ether oxygens (including phenoxy) is 4. The van der Waals surface area contributed by atoms with E-state index in [9.17, 15) is 9.59 Å². The molecule has 0 unspecified atom stereocenters. The molecule has 0 radical (unpaired) electrons. The van der Waals surface area contributed by atoms with E-state index in [1.807, 2.05) is 49.4 Å². The minimum atomic E-state index is -0.443. The van der Waals surface area contributed by atoms with Crippen LogP contribution in [0.3, 0.4) is 0 Å². The van der Waals surface area contributed by atoms with E-state index in [-0.39, 0.29) is 0 Å². The Bertz CT molecular complexity index is 1320. The third-order valence-electron chi connectivity index (χ3n) is 5.34. The highest BCUT2D eigenvalue weighted by Crippen LogP contribution is 2.27. The van der Waals surface area contributed by atoms with E-state index in [1.54, 1.807) is 24.3 Å². The van der Waals surface area contributed by atoms with E-state index in [1.165, 1.54) is 0 Å². The third kappa shape index (κ3) is 3.55. The molecule has 2 heterocycles. The molecule has 3 aromatic carbocycles. The summed E-state index contributed by atoms with van der Waals surface area (Å²) in [7, 11) is 0. The lowest BCUT2D eigenvalue weighted by molar-refractivity contribution is -0.128. The summed E-state index contributed by atoms with van der Waals surface area (Å²) in [5.41, 5.74) is 2.33. The lowest BCUT2D eigenvalue weighted by Gasteiger charge is -2.07. The average molecular weight is 428 g/mol. The van der Waals surface area contributed by atoms with E-state index in [4.69, 9.17) is 18.9 Å². The molecule has 0 aromatic heterocycles. The highest BCUT2D eigenvalue weighted by Gasteiger charge is 2.30. The number of carbonyl (C=O) groups excluding carboxylic acids is 2. The van der Waals surface area contributed by atoms with Crippen LogP contribution in [0.5, 0.6) is 17.2 Å². The fraction of sp³-hybridized carbons (Fsp3) is 0.154. The number of rotatable bonds is 7. The molecule has 2 aliphatic rings. The molecule has 0 spiro atoms. The van der Waals surface area contributed by atoms with E-state index in [0.29, 0.717) is 64.2 Å². The van der Waals surface area contributed by atoms with Crippen LogP contribution in [0, 0.1) is 0 Å². The molecule has 3 aromatic rings. The van der Waals surface area contributed by atoms with Gasteiger partial charge in [0.25, 0.3) is 0 Å². The van der Waals surface area contributed by atoms with Gasteiger partial charge in [-0.1, -0.05) is 42.5 Å². The van der Waals surface area contributed by atoms with Crippen LogP contribution >= 0.6 is 0 Å². The highest BCUT2D eigenvalue weighted by molar-refractivity contribution is 6.21. The molecule has 0 fully saturated rings. The van der Waals surface area contributed by atoms with Crippen molar-refractivity contribution < 1.29 is 28.5 Å². The second kappa shape index (κ2) is 8.32. The highest BCUT2D eigenvalue weighted by atomic mass is 16.5. The van der Waals surface area contributed by atoms with Crippen LogP contribution in [0.25, 0.3) is 11.1 Å². The van der Waals surface area contributed by atoms with Crippen LogP contribution in [0.2, 0.25) is 0 Å². The minimum Gasteiger partial charge on any atom is -0.491 e. The van der Waals surface area contributed by atoms with Crippen molar-refractivity contribution in [3.63, 3.8) is 0 Å². The normalized spacial score (nSPS) is 14.2. The zero-order valence-electron chi connectivity index (χ0n) is 17.4. The number of hydrogen-bond acceptors (Lipinski definition) is 6. The second-order valence-corrected chi connectivity index (χ2v) is 7.31. The molecule has 160 valence electrons. The Hall–Kier alpha value is -3.90. The van der Waals surface area contributed by atoms with Crippen LogP contribution in [-0.4, -0.2) is 31.8 Å². The van der Waals surface area contributed by atoms with Gasteiger partial charge in [-0.3, -0.25) is 0 Å². The summed E-state index contributed by atoms with van der Waals surface area (Å²) >= 11 is 0. The van der Waals surface area contributed by atoms with Crippen molar-refractivity contribution in [2.24, 2.45) is 0 Å². The van der Waals surface area contributed by atoms with E-state index >= 15 is 0 Å². The molecule has 0 atom stereocenters. The maximum absolute atomic E-state index is 12.7. The Morgan fingerprint density at radius 2 is 1.28 bits per heavy atom. The van der Waals surface area contributed by atoms with Crippen molar-refractivity contribution in [2.45, 2.75) is 6.92 Å². The standard InChI is InChI=1S/C26H20O6/c1-2-29-12-13-30-18-10-8-17(9-11-18)24-20-15-21-19(14-22(20)32-26(24)28)23(25(27)31-21)16-6-4-3-5-7-16/h3-11,14-15H,2,12-13H2,1H3. The van der Waals surface area contributed by atoms with Gasteiger partial charge in [-0.25, -0.2) is 9.59 Å². The first-order chi connectivity index (χ1) is 15.7. The molecular formula is C26H20O6. The molecule has 2 aliphatic heterocycles. The largest absolute Gasteiger partial charge is 0.491 e. The van der Waals surface area contributed by atoms with Gasteiger partial charge in [0.1, 0.15) is 23.9 Å². The number of esters is 2. The van der Waals surface area contributed by atoms with Gasteiger partial charge in [-0.05, 0) is 42.3 Å². The summed E-state index contributed by atoms with van der Waals surface area (Å²) in [6, 6.07) is 19.9. The van der Waals surface area contributed by atoms with Gasteiger partial charge in [0.15, 0.2) is 0 Å². The van der Waals surface area contributed by atoms with Crippen LogP contribution in [0.15, 0.2) is 66.7 Å². The molecule has 0 saturated heterocycles. The number of hydrogen-bond donors (Lipinski definition) is 0. The maximum atomic E-state index is 12.7. The predicted octanol–water partition coefficient (Wildman–Crippen LogP) is 2.34. The topological polar surface area (TPSA) is 71.1 Å². The van der Waals surface area contributed by atoms with Gasteiger partial charge < -0.3 is 18.9 Å². The minimum absolute atomic E-state index is 0.410. The fourth-order valence-corrected chi connectivity index (χ4v) is 3.87. The van der Waals surface area contributed by atoms with Gasteiger partial charge in [0, 0.05) is 17.0 Å². The number of benzene rings is 3. The van der Waals surface area contributed by atoms with E-state index in [2.05, 4.69) is 0 Å². The number of carbonyl (C=O) groups is 2. The van der Waals surface area contributed by atoms with Crippen molar-refractivity contribution in [2.75, 3.05) is 19.8 Å². The molecule has 0 saturated carbocycles. The first-order valence-electron chi connectivity index (χ1n) is 10.4. The molecule has 6 nitrogen and oxygen atoms in total. The van der Waals surface area contributed by atoms with Crippen molar-refractivity contribution in [1.29, 1.82) is 0 Å². The third-order valence-corrected chi connectivity index (χ3v) is 5.34. The van der Waals surface area contributed by atoms with Crippen LogP contribution < -0.4 is 24.6 Å². The summed E-state index contributed by atoms with van der Waals surface area (Å²) in [5.74, 6) is 0.648. The summed E-state index contributed by atoms with van der Waals surface area (Å²) in [6.45, 7) is 3.54. The van der Waals surface area contributed by atoms with E-state index < -0.39 is 11.9 Å². The number of fused-ring (bicyclic) bond motifs is 2. The Labute approximate surface area is 184 Å². The summed E-state index contributed by atoms with van der Waals surface area (Å²) < 4.78 is 22.0. The molecule has 0 bridgehead atoms. The van der Waals surface area contributed by atoms with Gasteiger partial charge in [-0.2, -0.15) is 0 Å². The molecule has 5 rings (SSSR count). The predicted molar refractivity (Wildman–Crippen MR) is 117 cm³/mol. The Balaban J connectivity index is 1.54. The summed E-state index contributed by atoms with van der Waals surface area (Å²) in [5, 5.41) is 1.22. The van der Waals surface area contributed by atoms with Gasteiger partial charge in [0.05, 0.1) is 17.8 Å². The molecule has 0 amide bonds. The maximum Gasteiger partial charge on any atom is 0.344 e. The van der Waals surface area contributed by atoms with Crippen LogP contribution in [0.4, 0.5) is 0 Å². The lowest BCUT2D eigenvalue weighted by Crippen LogP contribution is -2.11. The summed E-state index contributed by atoms with van der Waals surface area (Å²) in [6.07, 6.45) is 0. The molecule has 0 aliphatic carbocycles. The van der Waals surface area contributed by atoms with Crippen molar-refractivity contribution in [3.05, 3.63) is 88.3 Å². The Morgan fingerprint density at radius 1 is 0.719 bits per heavy atom. The Morgan fingerprint density at radius 3 is 1.84 bits per heavy atom. The van der Waals surface area contributed by atoms with Crippen molar-refractivity contribution in [1.82, 2.24) is 0 Å². The molecule has 32 heavy (non-hydrogen) atoms. The Kier molecular flexibility index (Phi) is 5.21. The van der Waals surface area contributed by atoms with Crippen molar-refractivity contribution >= 4 is 23.1 Å². The average Bonchev–Trinajstić information content (AvgIpc) is 3.30. The van der Waals surface area contributed by atoms with Gasteiger partial charge in [0.2, 0.25) is 0 Å². The smallest absolute Gasteiger partial charge is 0.344 e. The molecule has 0 N–H and O–H groups in total.